The van der Waals surface area contributed by atoms with Crippen LogP contribution in [0.4, 0.5) is 0 Å². The van der Waals surface area contributed by atoms with Crippen LogP contribution in [0.5, 0.6) is 0 Å². The van der Waals surface area contributed by atoms with Gasteiger partial charge in [0, 0.05) is 30.6 Å². The van der Waals surface area contributed by atoms with Gasteiger partial charge in [0.25, 0.3) is 5.91 Å². The number of ether oxygens (including phenoxy) is 1. The molecule has 0 atom stereocenters. The zero-order valence-electron chi connectivity index (χ0n) is 13.2. The Balaban J connectivity index is 1.47. The second-order valence-corrected chi connectivity index (χ2v) is 6.60. The molecule has 1 fully saturated rings. The molecule has 0 spiro atoms. The summed E-state index contributed by atoms with van der Waals surface area (Å²) in [6.45, 7) is 6.59. The van der Waals surface area contributed by atoms with Crippen LogP contribution in [0.15, 0.2) is 22.0 Å². The molecule has 6 nitrogen and oxygen atoms in total. The number of thiophene rings is 1. The van der Waals surface area contributed by atoms with E-state index in [0.717, 1.165) is 32.7 Å². The van der Waals surface area contributed by atoms with Gasteiger partial charge in [0.2, 0.25) is 0 Å². The molecule has 0 aromatic carbocycles. The van der Waals surface area contributed by atoms with Gasteiger partial charge in [-0.15, -0.1) is 11.3 Å². The molecule has 7 heteroatoms. The molecule has 124 valence electrons. The molecule has 2 aromatic heterocycles. The summed E-state index contributed by atoms with van der Waals surface area (Å²) in [4.78, 5) is 15.6. The quantitative estimate of drug-likeness (QED) is 0.872. The van der Waals surface area contributed by atoms with E-state index in [-0.39, 0.29) is 5.91 Å². The summed E-state index contributed by atoms with van der Waals surface area (Å²) in [7, 11) is 0. The average Bonchev–Trinajstić information content (AvgIpc) is 3.18. The summed E-state index contributed by atoms with van der Waals surface area (Å²) >= 11 is 1.72. The summed E-state index contributed by atoms with van der Waals surface area (Å²) in [5, 5.41) is 8.84. The lowest BCUT2D eigenvalue weighted by Gasteiger charge is -2.25. The lowest BCUT2D eigenvalue weighted by molar-refractivity contribution is 0.0305. The van der Waals surface area contributed by atoms with Crippen molar-refractivity contribution in [3.05, 3.63) is 39.4 Å². The molecule has 3 heterocycles. The fourth-order valence-electron chi connectivity index (χ4n) is 2.51. The Kier molecular flexibility index (Phi) is 5.43. The van der Waals surface area contributed by atoms with Gasteiger partial charge >= 0.3 is 0 Å². The summed E-state index contributed by atoms with van der Waals surface area (Å²) in [5.41, 5.74) is 1.62. The van der Waals surface area contributed by atoms with Crippen LogP contribution in [0.1, 0.15) is 26.7 Å². The molecule has 1 amide bonds. The van der Waals surface area contributed by atoms with Crippen molar-refractivity contribution >= 4 is 17.2 Å². The number of carbonyl (C=O) groups excluding carboxylic acids is 1. The largest absolute Gasteiger partial charge is 0.379 e. The molecule has 1 N–H and O–H groups in total. The van der Waals surface area contributed by atoms with E-state index in [1.807, 2.05) is 0 Å². The monoisotopic (exact) mass is 335 g/mol. The first-order valence-corrected chi connectivity index (χ1v) is 8.67. The number of nitrogens with zero attached hydrogens (tertiary/aromatic N) is 2. The van der Waals surface area contributed by atoms with Crippen molar-refractivity contribution in [1.82, 2.24) is 15.4 Å². The fourth-order valence-corrected chi connectivity index (χ4v) is 3.42. The third-order valence-electron chi connectivity index (χ3n) is 3.88. The Bertz CT molecular complexity index is 647. The SMILES string of the molecule is Cc1ccsc1CCNC(=O)c1cc(CN2CCOCC2)on1. The highest BCUT2D eigenvalue weighted by atomic mass is 32.1. The fraction of sp³-hybridized carbons (Fsp3) is 0.500. The number of carbonyl (C=O) groups is 1. The van der Waals surface area contributed by atoms with Gasteiger partial charge in [-0.2, -0.15) is 0 Å². The number of amides is 1. The van der Waals surface area contributed by atoms with Gasteiger partial charge in [-0.3, -0.25) is 9.69 Å². The number of aromatic nitrogens is 1. The van der Waals surface area contributed by atoms with Crippen molar-refractivity contribution in [3.63, 3.8) is 0 Å². The number of aryl methyl sites for hydroxylation is 1. The summed E-state index contributed by atoms with van der Waals surface area (Å²) in [5.74, 6) is 0.530. The predicted molar refractivity (Wildman–Crippen MR) is 87.7 cm³/mol. The van der Waals surface area contributed by atoms with Crippen LogP contribution in [0, 0.1) is 6.92 Å². The third-order valence-corrected chi connectivity index (χ3v) is 4.96. The Morgan fingerprint density at radius 2 is 2.26 bits per heavy atom. The Labute approximate surface area is 139 Å². The lowest BCUT2D eigenvalue weighted by Crippen LogP contribution is -2.35. The van der Waals surface area contributed by atoms with Gasteiger partial charge < -0.3 is 14.6 Å². The Morgan fingerprint density at radius 3 is 3.00 bits per heavy atom. The minimum Gasteiger partial charge on any atom is -0.379 e. The van der Waals surface area contributed by atoms with Crippen molar-refractivity contribution in [2.45, 2.75) is 19.9 Å². The van der Waals surface area contributed by atoms with Crippen LogP contribution in [0.2, 0.25) is 0 Å². The molecule has 0 saturated carbocycles. The number of nitrogens with one attached hydrogen (secondary N) is 1. The molecule has 2 aromatic rings. The van der Waals surface area contributed by atoms with Crippen LogP contribution in [-0.2, 0) is 17.7 Å². The maximum Gasteiger partial charge on any atom is 0.273 e. The first kappa shape index (κ1) is 16.2. The molecular formula is C16H21N3O3S. The van der Waals surface area contributed by atoms with E-state index >= 15 is 0 Å². The standard InChI is InChI=1S/C16H21N3O3S/c1-12-3-9-23-15(12)2-4-17-16(20)14-10-13(22-18-14)11-19-5-7-21-8-6-19/h3,9-10H,2,4-8,11H2,1H3,(H,17,20). The molecule has 0 radical (unpaired) electrons. The molecule has 23 heavy (non-hydrogen) atoms. The van der Waals surface area contributed by atoms with Crippen LogP contribution < -0.4 is 5.32 Å². The minimum absolute atomic E-state index is 0.184. The highest BCUT2D eigenvalue weighted by Gasteiger charge is 2.16. The zero-order chi connectivity index (χ0) is 16.1. The van der Waals surface area contributed by atoms with Gasteiger partial charge in [0.1, 0.15) is 0 Å². The van der Waals surface area contributed by atoms with E-state index in [2.05, 4.69) is 33.7 Å². The van der Waals surface area contributed by atoms with E-state index in [4.69, 9.17) is 9.26 Å². The van der Waals surface area contributed by atoms with Crippen LogP contribution in [0.25, 0.3) is 0 Å². The second-order valence-electron chi connectivity index (χ2n) is 5.60. The molecule has 0 unspecified atom stereocenters. The van der Waals surface area contributed by atoms with Gasteiger partial charge in [-0.1, -0.05) is 5.16 Å². The number of hydrogen-bond acceptors (Lipinski definition) is 6. The first-order valence-electron chi connectivity index (χ1n) is 7.79. The Hall–Kier alpha value is -1.70. The predicted octanol–water partition coefficient (Wildman–Crippen LogP) is 1.85. The molecule has 1 aliphatic rings. The Morgan fingerprint density at radius 1 is 1.43 bits per heavy atom. The van der Waals surface area contributed by atoms with Crippen molar-refractivity contribution < 1.29 is 14.1 Å². The second kappa shape index (κ2) is 7.72. The summed E-state index contributed by atoms with van der Waals surface area (Å²) < 4.78 is 10.6. The van der Waals surface area contributed by atoms with E-state index < -0.39 is 0 Å². The van der Waals surface area contributed by atoms with Crippen LogP contribution in [-0.4, -0.2) is 48.8 Å². The smallest absolute Gasteiger partial charge is 0.273 e. The van der Waals surface area contributed by atoms with Gasteiger partial charge in [0.05, 0.1) is 19.8 Å². The first-order chi connectivity index (χ1) is 11.2. The van der Waals surface area contributed by atoms with Crippen molar-refractivity contribution in [2.75, 3.05) is 32.8 Å². The highest BCUT2D eigenvalue weighted by molar-refractivity contribution is 7.10. The van der Waals surface area contributed by atoms with Crippen molar-refractivity contribution in [1.29, 1.82) is 0 Å². The zero-order valence-corrected chi connectivity index (χ0v) is 14.0. The maximum atomic E-state index is 12.1. The molecule has 3 rings (SSSR count). The van der Waals surface area contributed by atoms with E-state index in [0.29, 0.717) is 24.5 Å². The normalized spacial score (nSPS) is 15.7. The molecule has 1 saturated heterocycles. The van der Waals surface area contributed by atoms with Crippen LogP contribution in [0.3, 0.4) is 0 Å². The van der Waals surface area contributed by atoms with E-state index in [1.165, 1.54) is 10.4 Å². The highest BCUT2D eigenvalue weighted by Crippen LogP contribution is 2.15. The summed E-state index contributed by atoms with van der Waals surface area (Å²) in [6.07, 6.45) is 0.841. The number of rotatable bonds is 6. The van der Waals surface area contributed by atoms with Gasteiger partial charge in [-0.25, -0.2) is 0 Å². The number of hydrogen-bond donors (Lipinski definition) is 1. The van der Waals surface area contributed by atoms with E-state index in [9.17, 15) is 4.79 Å². The van der Waals surface area contributed by atoms with Gasteiger partial charge in [0.15, 0.2) is 11.5 Å². The van der Waals surface area contributed by atoms with Gasteiger partial charge in [-0.05, 0) is 30.4 Å². The number of morpholine rings is 1. The third kappa shape index (κ3) is 4.40. The topological polar surface area (TPSA) is 67.6 Å². The van der Waals surface area contributed by atoms with Crippen molar-refractivity contribution in [2.24, 2.45) is 0 Å². The van der Waals surface area contributed by atoms with Crippen LogP contribution >= 0.6 is 11.3 Å². The summed E-state index contributed by atoms with van der Waals surface area (Å²) in [6, 6.07) is 3.82. The molecular weight excluding hydrogens is 314 g/mol. The van der Waals surface area contributed by atoms with Crippen molar-refractivity contribution in [3.8, 4) is 0 Å². The lowest BCUT2D eigenvalue weighted by atomic mass is 10.2. The maximum absolute atomic E-state index is 12.1. The molecule has 0 aliphatic carbocycles. The molecule has 1 aliphatic heterocycles. The average molecular weight is 335 g/mol. The molecule has 0 bridgehead atoms. The minimum atomic E-state index is -0.184. The van der Waals surface area contributed by atoms with E-state index in [1.54, 1.807) is 17.4 Å².